The SMILES string of the molecule is CC1CCC(C)N1CCCN1c2ccccc2Sc2ccc(Cl)cc21.Cl. The van der Waals surface area contributed by atoms with E-state index in [9.17, 15) is 0 Å². The first-order valence-corrected chi connectivity index (χ1v) is 10.4. The van der Waals surface area contributed by atoms with Gasteiger partial charge in [-0.3, -0.25) is 4.90 Å². The number of rotatable bonds is 4. The Balaban J connectivity index is 0.00000196. The number of halogens is 2. The van der Waals surface area contributed by atoms with Crippen LogP contribution in [0.5, 0.6) is 0 Å². The van der Waals surface area contributed by atoms with Gasteiger partial charge in [-0.1, -0.05) is 35.5 Å². The Hall–Kier alpha value is -0.870. The van der Waals surface area contributed by atoms with E-state index < -0.39 is 0 Å². The number of likely N-dealkylation sites (tertiary alicyclic amines) is 1. The lowest BCUT2D eigenvalue weighted by Gasteiger charge is -2.34. The molecule has 1 saturated heterocycles. The van der Waals surface area contributed by atoms with Crippen LogP contribution in [0.25, 0.3) is 0 Å². The van der Waals surface area contributed by atoms with Crippen LogP contribution >= 0.6 is 35.8 Å². The molecule has 2 aliphatic rings. The van der Waals surface area contributed by atoms with E-state index in [1.54, 1.807) is 0 Å². The Bertz CT molecular complexity index is 757. The lowest BCUT2D eigenvalue weighted by atomic mass is 10.2. The number of para-hydroxylation sites is 1. The summed E-state index contributed by atoms with van der Waals surface area (Å²) in [6.07, 6.45) is 3.84. The summed E-state index contributed by atoms with van der Waals surface area (Å²) in [5, 5.41) is 0.811. The number of nitrogens with zero attached hydrogens (tertiary/aromatic N) is 2. The summed E-state index contributed by atoms with van der Waals surface area (Å²) in [5.41, 5.74) is 2.56. The maximum atomic E-state index is 6.30. The van der Waals surface area contributed by atoms with Crippen LogP contribution in [0.1, 0.15) is 33.1 Å². The number of hydrogen-bond donors (Lipinski definition) is 0. The number of fused-ring (bicyclic) bond motifs is 2. The highest BCUT2D eigenvalue weighted by atomic mass is 35.5. The molecule has 0 saturated carbocycles. The van der Waals surface area contributed by atoms with Gasteiger partial charge in [-0.2, -0.15) is 0 Å². The maximum Gasteiger partial charge on any atom is 0.0567 e. The van der Waals surface area contributed by atoms with Crippen LogP contribution in [0.3, 0.4) is 0 Å². The molecule has 2 aromatic carbocycles. The summed E-state index contributed by atoms with van der Waals surface area (Å²) in [6.45, 7) is 6.93. The van der Waals surface area contributed by atoms with Gasteiger partial charge in [0.05, 0.1) is 11.4 Å². The minimum atomic E-state index is 0. The number of anilines is 2. The van der Waals surface area contributed by atoms with Gasteiger partial charge in [0.25, 0.3) is 0 Å². The quantitative estimate of drug-likeness (QED) is 0.560. The molecule has 2 nitrogen and oxygen atoms in total. The lowest BCUT2D eigenvalue weighted by Crippen LogP contribution is -2.35. The zero-order valence-electron chi connectivity index (χ0n) is 15.3. The molecule has 0 amide bonds. The van der Waals surface area contributed by atoms with Gasteiger partial charge < -0.3 is 4.90 Å². The Morgan fingerprint density at radius 2 is 1.65 bits per heavy atom. The highest BCUT2D eigenvalue weighted by molar-refractivity contribution is 7.99. The minimum Gasteiger partial charge on any atom is -0.340 e. The van der Waals surface area contributed by atoms with Gasteiger partial charge in [0.1, 0.15) is 0 Å². The summed E-state index contributed by atoms with van der Waals surface area (Å²) in [6, 6.07) is 16.4. The van der Waals surface area contributed by atoms with Crippen LogP contribution in [0.15, 0.2) is 52.3 Å². The first-order chi connectivity index (χ1) is 12.1. The van der Waals surface area contributed by atoms with Crippen LogP contribution in [0, 0.1) is 0 Å². The van der Waals surface area contributed by atoms with Gasteiger partial charge in [0.15, 0.2) is 0 Å². The normalized spacial score (nSPS) is 21.9. The molecule has 0 bridgehead atoms. The minimum absolute atomic E-state index is 0. The standard InChI is InChI=1S/C21H25ClN2S.ClH/c1-15-8-9-16(2)23(15)12-5-13-24-18-6-3-4-7-20(18)25-21-11-10-17(22)14-19(21)24;/h3-4,6-7,10-11,14-16H,5,8-9,12-13H2,1-2H3;1H. The predicted octanol–water partition coefficient (Wildman–Crippen LogP) is 6.63. The highest BCUT2D eigenvalue weighted by Crippen LogP contribution is 2.48. The van der Waals surface area contributed by atoms with E-state index in [2.05, 4.69) is 60.0 Å². The zero-order chi connectivity index (χ0) is 17.4. The lowest BCUT2D eigenvalue weighted by molar-refractivity contribution is 0.213. The molecule has 0 aromatic heterocycles. The van der Waals surface area contributed by atoms with Gasteiger partial charge in [0, 0.05) is 40.0 Å². The smallest absolute Gasteiger partial charge is 0.0567 e. The van der Waals surface area contributed by atoms with E-state index in [4.69, 9.17) is 11.6 Å². The van der Waals surface area contributed by atoms with E-state index in [0.717, 1.165) is 23.7 Å². The maximum absolute atomic E-state index is 6.30. The molecule has 5 heteroatoms. The molecule has 2 heterocycles. The average molecular weight is 409 g/mol. The Kier molecular flexibility index (Phi) is 6.45. The second-order valence-electron chi connectivity index (χ2n) is 7.20. The molecule has 4 rings (SSSR count). The summed E-state index contributed by atoms with van der Waals surface area (Å²) in [4.78, 5) is 7.76. The molecule has 0 radical (unpaired) electrons. The number of benzene rings is 2. The van der Waals surface area contributed by atoms with Crippen LogP contribution in [0.4, 0.5) is 11.4 Å². The van der Waals surface area contributed by atoms with Crippen molar-refractivity contribution in [2.45, 2.75) is 55.0 Å². The Morgan fingerprint density at radius 1 is 0.962 bits per heavy atom. The van der Waals surface area contributed by atoms with Crippen molar-refractivity contribution in [3.63, 3.8) is 0 Å². The third-order valence-corrected chi connectivity index (χ3v) is 6.89. The third-order valence-electron chi connectivity index (χ3n) is 5.52. The first-order valence-electron chi connectivity index (χ1n) is 9.23. The molecule has 2 unspecified atom stereocenters. The van der Waals surface area contributed by atoms with Gasteiger partial charge in [-0.15, -0.1) is 12.4 Å². The summed E-state index contributed by atoms with van der Waals surface area (Å²) in [7, 11) is 0. The first kappa shape index (κ1) is 19.9. The molecule has 2 aromatic rings. The molecular formula is C21H26Cl2N2S. The highest BCUT2D eigenvalue weighted by Gasteiger charge is 2.27. The van der Waals surface area contributed by atoms with Crippen LogP contribution in [0.2, 0.25) is 5.02 Å². The fourth-order valence-electron chi connectivity index (χ4n) is 4.14. The Labute approximate surface area is 172 Å². The van der Waals surface area contributed by atoms with Gasteiger partial charge in [-0.05, 0) is 63.4 Å². The van der Waals surface area contributed by atoms with E-state index in [1.807, 2.05) is 17.8 Å². The predicted molar refractivity (Wildman–Crippen MR) is 116 cm³/mol. The van der Waals surface area contributed by atoms with Crippen molar-refractivity contribution in [3.8, 4) is 0 Å². The molecular weight excluding hydrogens is 383 g/mol. The second kappa shape index (κ2) is 8.43. The molecule has 2 atom stereocenters. The summed E-state index contributed by atoms with van der Waals surface area (Å²) >= 11 is 8.14. The van der Waals surface area contributed by atoms with Gasteiger partial charge in [0.2, 0.25) is 0 Å². The molecule has 2 aliphatic heterocycles. The average Bonchev–Trinajstić information content (AvgIpc) is 2.93. The van der Waals surface area contributed by atoms with E-state index >= 15 is 0 Å². The van der Waals surface area contributed by atoms with Crippen molar-refractivity contribution >= 4 is 47.1 Å². The van der Waals surface area contributed by atoms with Crippen molar-refractivity contribution in [3.05, 3.63) is 47.5 Å². The molecule has 0 N–H and O–H groups in total. The molecule has 140 valence electrons. The largest absolute Gasteiger partial charge is 0.340 e. The number of hydrogen-bond acceptors (Lipinski definition) is 3. The van der Waals surface area contributed by atoms with Crippen molar-refractivity contribution in [1.82, 2.24) is 4.90 Å². The van der Waals surface area contributed by atoms with Crippen molar-refractivity contribution in [1.29, 1.82) is 0 Å². The monoisotopic (exact) mass is 408 g/mol. The fraction of sp³-hybridized carbons (Fsp3) is 0.429. The van der Waals surface area contributed by atoms with Crippen LogP contribution in [-0.2, 0) is 0 Å². The summed E-state index contributed by atoms with van der Waals surface area (Å²) in [5.74, 6) is 0. The summed E-state index contributed by atoms with van der Waals surface area (Å²) < 4.78 is 0. The van der Waals surface area contributed by atoms with Crippen LogP contribution in [-0.4, -0.2) is 30.1 Å². The molecule has 0 spiro atoms. The van der Waals surface area contributed by atoms with Crippen LogP contribution < -0.4 is 4.90 Å². The third kappa shape index (κ3) is 3.87. The van der Waals surface area contributed by atoms with Gasteiger partial charge in [-0.25, -0.2) is 0 Å². The van der Waals surface area contributed by atoms with Crippen molar-refractivity contribution in [2.75, 3.05) is 18.0 Å². The molecule has 1 fully saturated rings. The molecule has 26 heavy (non-hydrogen) atoms. The fourth-order valence-corrected chi connectivity index (χ4v) is 5.39. The van der Waals surface area contributed by atoms with E-state index in [1.165, 1.54) is 47.0 Å². The second-order valence-corrected chi connectivity index (χ2v) is 8.72. The van der Waals surface area contributed by atoms with Gasteiger partial charge >= 0.3 is 0 Å². The van der Waals surface area contributed by atoms with Crippen molar-refractivity contribution < 1.29 is 0 Å². The van der Waals surface area contributed by atoms with E-state index in [0.29, 0.717) is 0 Å². The topological polar surface area (TPSA) is 6.48 Å². The van der Waals surface area contributed by atoms with Crippen molar-refractivity contribution in [2.24, 2.45) is 0 Å². The Morgan fingerprint density at radius 3 is 2.42 bits per heavy atom. The molecule has 0 aliphatic carbocycles. The zero-order valence-corrected chi connectivity index (χ0v) is 17.7. The van der Waals surface area contributed by atoms with E-state index in [-0.39, 0.29) is 12.4 Å².